The SMILES string of the molecule is CC(c1ccc(F)cc1)n1cncc1C1CN(C)CC2CNCCN21. The second-order valence-corrected chi connectivity index (χ2v) is 7.29. The van der Waals surface area contributed by atoms with E-state index in [1.54, 1.807) is 0 Å². The van der Waals surface area contributed by atoms with Gasteiger partial charge in [0, 0.05) is 45.0 Å². The molecule has 25 heavy (non-hydrogen) atoms. The van der Waals surface area contributed by atoms with E-state index in [0.29, 0.717) is 12.1 Å². The Kier molecular flexibility index (Phi) is 4.58. The van der Waals surface area contributed by atoms with Gasteiger partial charge in [0.05, 0.1) is 24.1 Å². The first-order valence-electron chi connectivity index (χ1n) is 9.05. The highest BCUT2D eigenvalue weighted by Gasteiger charge is 2.37. The molecule has 2 aliphatic rings. The Morgan fingerprint density at radius 1 is 1.24 bits per heavy atom. The molecule has 6 heteroatoms. The van der Waals surface area contributed by atoms with Crippen LogP contribution in [0.3, 0.4) is 0 Å². The molecule has 0 spiro atoms. The lowest BCUT2D eigenvalue weighted by Crippen LogP contribution is -2.61. The summed E-state index contributed by atoms with van der Waals surface area (Å²) in [7, 11) is 2.20. The van der Waals surface area contributed by atoms with Crippen LogP contribution in [0.15, 0.2) is 36.8 Å². The largest absolute Gasteiger partial charge is 0.326 e. The minimum Gasteiger partial charge on any atom is -0.326 e. The topological polar surface area (TPSA) is 36.3 Å². The van der Waals surface area contributed by atoms with Gasteiger partial charge < -0.3 is 14.8 Å². The van der Waals surface area contributed by atoms with E-state index in [9.17, 15) is 4.39 Å². The number of nitrogens with zero attached hydrogens (tertiary/aromatic N) is 4. The van der Waals surface area contributed by atoms with Gasteiger partial charge in [0.15, 0.2) is 0 Å². The van der Waals surface area contributed by atoms with Gasteiger partial charge >= 0.3 is 0 Å². The van der Waals surface area contributed by atoms with E-state index in [0.717, 1.165) is 38.3 Å². The lowest BCUT2D eigenvalue weighted by Gasteiger charge is -2.48. The minimum absolute atomic E-state index is 0.131. The molecule has 0 saturated carbocycles. The van der Waals surface area contributed by atoms with E-state index in [-0.39, 0.29) is 11.9 Å². The highest BCUT2D eigenvalue weighted by molar-refractivity contribution is 5.22. The second-order valence-electron chi connectivity index (χ2n) is 7.29. The number of imidazole rings is 1. The molecule has 0 bridgehead atoms. The van der Waals surface area contributed by atoms with Crippen molar-refractivity contribution in [2.24, 2.45) is 0 Å². The van der Waals surface area contributed by atoms with Crippen LogP contribution in [0.1, 0.15) is 30.3 Å². The highest BCUT2D eigenvalue weighted by atomic mass is 19.1. The number of halogens is 1. The van der Waals surface area contributed by atoms with Crippen molar-refractivity contribution in [3.05, 3.63) is 53.9 Å². The smallest absolute Gasteiger partial charge is 0.123 e. The molecule has 3 atom stereocenters. The van der Waals surface area contributed by atoms with Crippen LogP contribution < -0.4 is 5.32 Å². The van der Waals surface area contributed by atoms with Gasteiger partial charge in [-0.15, -0.1) is 0 Å². The summed E-state index contributed by atoms with van der Waals surface area (Å²) in [6, 6.07) is 7.81. The zero-order valence-electron chi connectivity index (χ0n) is 14.9. The minimum atomic E-state index is -0.195. The Balaban J connectivity index is 1.64. The molecule has 4 rings (SSSR count). The van der Waals surface area contributed by atoms with Crippen LogP contribution in [-0.2, 0) is 0 Å². The van der Waals surface area contributed by atoms with E-state index < -0.39 is 0 Å². The third kappa shape index (κ3) is 3.21. The number of rotatable bonds is 3. The van der Waals surface area contributed by atoms with Gasteiger partial charge in [-0.25, -0.2) is 9.37 Å². The van der Waals surface area contributed by atoms with Gasteiger partial charge in [-0.1, -0.05) is 12.1 Å². The fourth-order valence-corrected chi connectivity index (χ4v) is 4.25. The van der Waals surface area contributed by atoms with E-state index >= 15 is 0 Å². The summed E-state index contributed by atoms with van der Waals surface area (Å²) in [5.74, 6) is -0.195. The van der Waals surface area contributed by atoms with E-state index in [4.69, 9.17) is 0 Å². The first-order chi connectivity index (χ1) is 12.1. The second kappa shape index (κ2) is 6.86. The van der Waals surface area contributed by atoms with Crippen molar-refractivity contribution < 1.29 is 4.39 Å². The van der Waals surface area contributed by atoms with Crippen LogP contribution in [0.25, 0.3) is 0 Å². The maximum absolute atomic E-state index is 13.3. The number of piperazine rings is 2. The predicted molar refractivity (Wildman–Crippen MR) is 96.0 cm³/mol. The average Bonchev–Trinajstić information content (AvgIpc) is 3.10. The Labute approximate surface area is 148 Å². The molecule has 0 radical (unpaired) electrons. The normalized spacial score (nSPS) is 26.4. The molecule has 0 amide bonds. The molecule has 1 aromatic heterocycles. The summed E-state index contributed by atoms with van der Waals surface area (Å²) in [4.78, 5) is 9.49. The number of aromatic nitrogens is 2. The fraction of sp³-hybridized carbons (Fsp3) is 0.526. The first kappa shape index (κ1) is 16.7. The number of nitrogens with one attached hydrogen (secondary N) is 1. The van der Waals surface area contributed by atoms with Crippen LogP contribution in [0.5, 0.6) is 0 Å². The average molecular weight is 343 g/mol. The molecule has 5 nitrogen and oxygen atoms in total. The third-order valence-electron chi connectivity index (χ3n) is 5.61. The molecule has 3 unspecified atom stereocenters. The van der Waals surface area contributed by atoms with Gasteiger partial charge in [0.1, 0.15) is 5.82 Å². The number of likely N-dealkylation sites (N-methyl/N-ethyl adjacent to an activating group) is 1. The van der Waals surface area contributed by atoms with Crippen molar-refractivity contribution in [3.63, 3.8) is 0 Å². The summed E-state index contributed by atoms with van der Waals surface area (Å²) in [5, 5.41) is 3.51. The summed E-state index contributed by atoms with van der Waals surface area (Å²) < 4.78 is 15.5. The molecule has 1 N–H and O–H groups in total. The number of hydrogen-bond acceptors (Lipinski definition) is 4. The van der Waals surface area contributed by atoms with Crippen molar-refractivity contribution in [1.82, 2.24) is 24.7 Å². The maximum atomic E-state index is 13.3. The lowest BCUT2D eigenvalue weighted by molar-refractivity contribution is 0.0159. The molecule has 1 aromatic carbocycles. The Morgan fingerprint density at radius 3 is 2.84 bits per heavy atom. The number of hydrogen-bond donors (Lipinski definition) is 1. The molecule has 2 fully saturated rings. The molecule has 2 aromatic rings. The predicted octanol–water partition coefficient (Wildman–Crippen LogP) is 1.89. The molecule has 2 aliphatic heterocycles. The standard InChI is InChI=1S/C19H26FN5/c1-14(15-3-5-16(20)6-4-15)25-13-22-10-18(25)19-12-23(2)11-17-9-21-7-8-24(17)19/h3-6,10,13-14,17,19,21H,7-9,11-12H2,1-2H3. The van der Waals surface area contributed by atoms with Gasteiger partial charge in [0.2, 0.25) is 0 Å². The van der Waals surface area contributed by atoms with Crippen molar-refractivity contribution in [2.45, 2.75) is 25.0 Å². The van der Waals surface area contributed by atoms with Gasteiger partial charge in [0.25, 0.3) is 0 Å². The summed E-state index contributed by atoms with van der Waals surface area (Å²) >= 11 is 0. The van der Waals surface area contributed by atoms with Gasteiger partial charge in [-0.2, -0.15) is 0 Å². The highest BCUT2D eigenvalue weighted by Crippen LogP contribution is 2.31. The molecule has 134 valence electrons. The molecular weight excluding hydrogens is 317 g/mol. The first-order valence-corrected chi connectivity index (χ1v) is 9.05. The molecule has 2 saturated heterocycles. The monoisotopic (exact) mass is 343 g/mol. The van der Waals surface area contributed by atoms with Crippen molar-refractivity contribution in [3.8, 4) is 0 Å². The molecular formula is C19H26FN5. The van der Waals surface area contributed by atoms with E-state index in [1.807, 2.05) is 24.7 Å². The zero-order valence-corrected chi connectivity index (χ0v) is 14.9. The quantitative estimate of drug-likeness (QED) is 0.923. The van der Waals surface area contributed by atoms with Crippen LogP contribution in [-0.4, -0.2) is 65.2 Å². The summed E-state index contributed by atoms with van der Waals surface area (Å²) in [5.41, 5.74) is 2.34. The fourth-order valence-electron chi connectivity index (χ4n) is 4.25. The number of benzene rings is 1. The van der Waals surface area contributed by atoms with Crippen LogP contribution >= 0.6 is 0 Å². The summed E-state index contributed by atoms with van der Waals surface area (Å²) in [6.45, 7) is 7.42. The number of fused-ring (bicyclic) bond motifs is 1. The Hall–Kier alpha value is -1.76. The van der Waals surface area contributed by atoms with Gasteiger partial charge in [-0.05, 0) is 31.7 Å². The van der Waals surface area contributed by atoms with Crippen LogP contribution in [0, 0.1) is 5.82 Å². The summed E-state index contributed by atoms with van der Waals surface area (Å²) in [6.07, 6.45) is 3.91. The van der Waals surface area contributed by atoms with Gasteiger partial charge in [-0.3, -0.25) is 4.90 Å². The van der Waals surface area contributed by atoms with Crippen LogP contribution in [0.2, 0.25) is 0 Å². The maximum Gasteiger partial charge on any atom is 0.123 e. The zero-order chi connectivity index (χ0) is 17.4. The Bertz CT molecular complexity index is 713. The van der Waals surface area contributed by atoms with Crippen molar-refractivity contribution in [2.75, 3.05) is 39.8 Å². The van der Waals surface area contributed by atoms with E-state index in [1.165, 1.54) is 17.8 Å². The lowest BCUT2D eigenvalue weighted by atomic mass is 10.0. The van der Waals surface area contributed by atoms with Crippen molar-refractivity contribution in [1.29, 1.82) is 0 Å². The Morgan fingerprint density at radius 2 is 2.04 bits per heavy atom. The van der Waals surface area contributed by atoms with Crippen LogP contribution in [0.4, 0.5) is 4.39 Å². The van der Waals surface area contributed by atoms with E-state index in [2.05, 4.69) is 38.6 Å². The molecule has 3 heterocycles. The third-order valence-corrected chi connectivity index (χ3v) is 5.61. The van der Waals surface area contributed by atoms with Crippen molar-refractivity contribution >= 4 is 0 Å². The molecule has 0 aliphatic carbocycles.